The third-order valence-electron chi connectivity index (χ3n) is 5.08. The van der Waals surface area contributed by atoms with Crippen LogP contribution in [0.3, 0.4) is 0 Å². The van der Waals surface area contributed by atoms with Gasteiger partial charge in [-0.3, -0.25) is 5.10 Å². The van der Waals surface area contributed by atoms with Gasteiger partial charge in [0.15, 0.2) is 11.5 Å². The number of piperidine rings is 1. The average molecular weight is 342 g/mol. The minimum absolute atomic E-state index is 0.553. The Morgan fingerprint density at radius 1 is 1.28 bits per heavy atom. The number of nitrogens with one attached hydrogen (secondary N) is 2. The Hall–Kier alpha value is -2.05. The fraction of sp³-hybridized carbons (Fsp3) is 0.526. The molecule has 0 unspecified atom stereocenters. The molecule has 1 saturated heterocycles. The first kappa shape index (κ1) is 16.4. The van der Waals surface area contributed by atoms with Gasteiger partial charge in [-0.1, -0.05) is 6.92 Å². The summed E-state index contributed by atoms with van der Waals surface area (Å²) < 4.78 is 11.3. The summed E-state index contributed by atoms with van der Waals surface area (Å²) in [4.78, 5) is 2.51. The summed E-state index contributed by atoms with van der Waals surface area (Å²) in [5.41, 5.74) is 3.32. The van der Waals surface area contributed by atoms with Gasteiger partial charge in [-0.05, 0) is 44.1 Å². The van der Waals surface area contributed by atoms with Crippen molar-refractivity contribution < 1.29 is 9.47 Å². The van der Waals surface area contributed by atoms with E-state index in [-0.39, 0.29) is 0 Å². The molecule has 0 aliphatic carbocycles. The second-order valence-corrected chi connectivity index (χ2v) is 6.74. The number of hydrogen-bond donors (Lipinski definition) is 2. The van der Waals surface area contributed by atoms with Gasteiger partial charge >= 0.3 is 0 Å². The molecule has 2 aliphatic heterocycles. The number of hydrogen-bond acceptors (Lipinski definition) is 5. The zero-order valence-corrected chi connectivity index (χ0v) is 14.8. The van der Waals surface area contributed by atoms with Crippen LogP contribution in [0.25, 0.3) is 11.3 Å². The standard InChI is InChI=1S/C19H26N4O2/c1-2-23-7-3-4-16(13-23)20-11-15-12-21-22-19(15)14-5-6-17-18(10-14)25-9-8-24-17/h5-6,10,12,16,20H,2-4,7-9,11,13H2,1H3,(H,21,22)/t16-/m1/s1. The number of H-pyrrole nitrogens is 1. The number of aromatic nitrogens is 2. The van der Waals surface area contributed by atoms with Gasteiger partial charge in [0, 0.05) is 30.3 Å². The lowest BCUT2D eigenvalue weighted by atomic mass is 10.0. The lowest BCUT2D eigenvalue weighted by Gasteiger charge is -2.32. The first-order chi connectivity index (χ1) is 12.3. The normalized spacial score (nSPS) is 20.6. The number of rotatable bonds is 5. The Morgan fingerprint density at radius 2 is 2.16 bits per heavy atom. The zero-order chi connectivity index (χ0) is 17.1. The fourth-order valence-electron chi connectivity index (χ4n) is 3.66. The van der Waals surface area contributed by atoms with E-state index in [1.807, 2.05) is 18.3 Å². The van der Waals surface area contributed by atoms with Gasteiger partial charge in [0.05, 0.1) is 11.9 Å². The summed E-state index contributed by atoms with van der Waals surface area (Å²) in [6.07, 6.45) is 4.43. The van der Waals surface area contributed by atoms with Crippen LogP contribution < -0.4 is 14.8 Å². The minimum atomic E-state index is 0.553. The molecular formula is C19H26N4O2. The lowest BCUT2D eigenvalue weighted by molar-refractivity contribution is 0.171. The number of benzene rings is 1. The number of fused-ring (bicyclic) bond motifs is 1. The van der Waals surface area contributed by atoms with E-state index in [0.717, 1.165) is 42.4 Å². The first-order valence-corrected chi connectivity index (χ1v) is 9.21. The quantitative estimate of drug-likeness (QED) is 0.874. The molecule has 1 atom stereocenters. The van der Waals surface area contributed by atoms with Crippen molar-refractivity contribution in [3.63, 3.8) is 0 Å². The highest BCUT2D eigenvalue weighted by atomic mass is 16.6. The van der Waals surface area contributed by atoms with Gasteiger partial charge < -0.3 is 19.7 Å². The van der Waals surface area contributed by atoms with Crippen molar-refractivity contribution in [3.05, 3.63) is 30.0 Å². The van der Waals surface area contributed by atoms with E-state index in [0.29, 0.717) is 19.3 Å². The fourth-order valence-corrected chi connectivity index (χ4v) is 3.66. The monoisotopic (exact) mass is 342 g/mol. The number of nitrogens with zero attached hydrogens (tertiary/aromatic N) is 2. The summed E-state index contributed by atoms with van der Waals surface area (Å²) in [6, 6.07) is 6.62. The van der Waals surface area contributed by atoms with Crippen molar-refractivity contribution in [2.75, 3.05) is 32.8 Å². The van der Waals surface area contributed by atoms with E-state index in [1.54, 1.807) is 0 Å². The van der Waals surface area contributed by atoms with Crippen LogP contribution in [0.2, 0.25) is 0 Å². The molecule has 4 rings (SSSR count). The predicted octanol–water partition coefficient (Wildman–Crippen LogP) is 2.42. The third-order valence-corrected chi connectivity index (χ3v) is 5.08. The van der Waals surface area contributed by atoms with E-state index in [4.69, 9.17) is 9.47 Å². The summed E-state index contributed by atoms with van der Waals surface area (Å²) in [5, 5.41) is 11.1. The van der Waals surface area contributed by atoms with Crippen molar-refractivity contribution in [3.8, 4) is 22.8 Å². The topological polar surface area (TPSA) is 62.4 Å². The number of aromatic amines is 1. The zero-order valence-electron chi connectivity index (χ0n) is 14.8. The van der Waals surface area contributed by atoms with E-state index >= 15 is 0 Å². The molecule has 0 spiro atoms. The maximum absolute atomic E-state index is 5.70. The van der Waals surface area contributed by atoms with Crippen LogP contribution in [-0.4, -0.2) is 54.0 Å². The van der Waals surface area contributed by atoms with E-state index in [1.165, 1.54) is 24.9 Å². The Labute approximate surface area is 148 Å². The molecule has 0 saturated carbocycles. The second kappa shape index (κ2) is 7.45. The average Bonchev–Trinajstić information content (AvgIpc) is 3.15. The summed E-state index contributed by atoms with van der Waals surface area (Å²) in [6.45, 7) is 7.76. The Bertz CT molecular complexity index is 715. The SMILES string of the molecule is CCN1CCC[C@@H](NCc2cn[nH]c2-c2ccc3c(c2)OCCO3)C1. The van der Waals surface area contributed by atoms with Crippen LogP contribution in [0.1, 0.15) is 25.3 Å². The van der Waals surface area contributed by atoms with E-state index in [2.05, 4.69) is 33.4 Å². The molecule has 1 fully saturated rings. The van der Waals surface area contributed by atoms with Crippen LogP contribution in [0.4, 0.5) is 0 Å². The van der Waals surface area contributed by atoms with Crippen molar-refractivity contribution in [1.29, 1.82) is 0 Å². The highest BCUT2D eigenvalue weighted by molar-refractivity contribution is 5.66. The van der Waals surface area contributed by atoms with Crippen molar-refractivity contribution >= 4 is 0 Å². The molecule has 6 nitrogen and oxygen atoms in total. The molecule has 3 heterocycles. The first-order valence-electron chi connectivity index (χ1n) is 9.21. The maximum Gasteiger partial charge on any atom is 0.162 e. The van der Waals surface area contributed by atoms with E-state index in [9.17, 15) is 0 Å². The van der Waals surface area contributed by atoms with Crippen molar-refractivity contribution in [1.82, 2.24) is 20.4 Å². The smallest absolute Gasteiger partial charge is 0.162 e. The van der Waals surface area contributed by atoms with Crippen LogP contribution in [0, 0.1) is 0 Å². The van der Waals surface area contributed by atoms with Gasteiger partial charge in [0.2, 0.25) is 0 Å². The van der Waals surface area contributed by atoms with E-state index < -0.39 is 0 Å². The molecular weight excluding hydrogens is 316 g/mol. The second-order valence-electron chi connectivity index (χ2n) is 6.74. The van der Waals surface area contributed by atoms with Gasteiger partial charge in [-0.15, -0.1) is 0 Å². The molecule has 0 radical (unpaired) electrons. The largest absolute Gasteiger partial charge is 0.486 e. The van der Waals surface area contributed by atoms with Gasteiger partial charge in [-0.25, -0.2) is 0 Å². The van der Waals surface area contributed by atoms with Crippen LogP contribution in [-0.2, 0) is 6.54 Å². The van der Waals surface area contributed by atoms with Crippen LogP contribution in [0.15, 0.2) is 24.4 Å². The molecule has 2 aliphatic rings. The number of likely N-dealkylation sites (N-methyl/N-ethyl adjacent to an activating group) is 1. The van der Waals surface area contributed by atoms with Gasteiger partial charge in [0.25, 0.3) is 0 Å². The molecule has 1 aromatic heterocycles. The summed E-state index contributed by atoms with van der Waals surface area (Å²) >= 11 is 0. The summed E-state index contributed by atoms with van der Waals surface area (Å²) in [7, 11) is 0. The highest BCUT2D eigenvalue weighted by Crippen LogP contribution is 2.34. The number of ether oxygens (including phenoxy) is 2. The Kier molecular flexibility index (Phi) is 4.90. The molecule has 6 heteroatoms. The molecule has 2 N–H and O–H groups in total. The predicted molar refractivity (Wildman–Crippen MR) is 97.0 cm³/mol. The van der Waals surface area contributed by atoms with Gasteiger partial charge in [-0.2, -0.15) is 5.10 Å². The van der Waals surface area contributed by atoms with Crippen LogP contribution >= 0.6 is 0 Å². The Balaban J connectivity index is 1.45. The maximum atomic E-state index is 5.70. The van der Waals surface area contributed by atoms with Gasteiger partial charge in [0.1, 0.15) is 13.2 Å². The third kappa shape index (κ3) is 3.65. The number of likely N-dealkylation sites (tertiary alicyclic amines) is 1. The van der Waals surface area contributed by atoms with Crippen molar-refractivity contribution in [2.45, 2.75) is 32.4 Å². The van der Waals surface area contributed by atoms with Crippen LogP contribution in [0.5, 0.6) is 11.5 Å². The highest BCUT2D eigenvalue weighted by Gasteiger charge is 2.19. The minimum Gasteiger partial charge on any atom is -0.486 e. The Morgan fingerprint density at radius 3 is 3.04 bits per heavy atom. The summed E-state index contributed by atoms with van der Waals surface area (Å²) in [5.74, 6) is 1.62. The molecule has 0 bridgehead atoms. The molecule has 1 aromatic carbocycles. The molecule has 0 amide bonds. The lowest BCUT2D eigenvalue weighted by Crippen LogP contribution is -2.45. The molecule has 25 heavy (non-hydrogen) atoms. The van der Waals surface area contributed by atoms with Crippen molar-refractivity contribution in [2.24, 2.45) is 0 Å². The molecule has 2 aromatic rings. The molecule has 134 valence electrons.